The van der Waals surface area contributed by atoms with Gasteiger partial charge < -0.3 is 5.73 Å². The van der Waals surface area contributed by atoms with E-state index in [1.54, 1.807) is 0 Å². The Bertz CT molecular complexity index is 339. The molecule has 0 saturated heterocycles. The van der Waals surface area contributed by atoms with Gasteiger partial charge in [-0.3, -0.25) is 4.68 Å². The van der Waals surface area contributed by atoms with E-state index in [2.05, 4.69) is 24.7 Å². The second-order valence-electron chi connectivity index (χ2n) is 4.14. The molecule has 1 atom stereocenters. The van der Waals surface area contributed by atoms with Crippen LogP contribution in [0.25, 0.3) is 0 Å². The molecular weight excluding hydrogens is 186 g/mol. The summed E-state index contributed by atoms with van der Waals surface area (Å²) in [6.07, 6.45) is 2.88. The fourth-order valence-corrected chi connectivity index (χ4v) is 1.61. The first-order valence-corrected chi connectivity index (χ1v) is 5.47. The number of rotatable bonds is 5. The van der Waals surface area contributed by atoms with Crippen LogP contribution in [0.3, 0.4) is 0 Å². The molecule has 0 saturated carbocycles. The third-order valence-corrected chi connectivity index (χ3v) is 2.59. The van der Waals surface area contributed by atoms with Crippen molar-refractivity contribution in [1.82, 2.24) is 9.78 Å². The Morgan fingerprint density at radius 3 is 2.80 bits per heavy atom. The fraction of sp³-hybridized carbons (Fsp3) is 0.583. The zero-order valence-electron chi connectivity index (χ0n) is 9.95. The Hall–Kier alpha value is -1.09. The zero-order valence-corrected chi connectivity index (χ0v) is 9.95. The lowest BCUT2D eigenvalue weighted by Gasteiger charge is -2.11. The second kappa shape index (κ2) is 5.12. The van der Waals surface area contributed by atoms with Gasteiger partial charge in [0.2, 0.25) is 0 Å². The Morgan fingerprint density at radius 1 is 1.67 bits per heavy atom. The molecule has 0 aromatic carbocycles. The van der Waals surface area contributed by atoms with Crippen molar-refractivity contribution in [2.75, 3.05) is 0 Å². The van der Waals surface area contributed by atoms with Crippen LogP contribution in [-0.4, -0.2) is 9.78 Å². The summed E-state index contributed by atoms with van der Waals surface area (Å²) in [7, 11) is 1.95. The predicted octanol–water partition coefficient (Wildman–Crippen LogP) is 2.34. The van der Waals surface area contributed by atoms with Crippen LogP contribution in [0.1, 0.15) is 44.1 Å². The number of aryl methyl sites for hydroxylation is 2. The van der Waals surface area contributed by atoms with Crippen LogP contribution in [0.5, 0.6) is 0 Å². The molecule has 3 heteroatoms. The summed E-state index contributed by atoms with van der Waals surface area (Å²) in [5, 5.41) is 4.39. The molecule has 0 aliphatic carbocycles. The summed E-state index contributed by atoms with van der Waals surface area (Å²) in [5.74, 6) is 0. The molecule has 1 rings (SSSR count). The van der Waals surface area contributed by atoms with Gasteiger partial charge in [0.25, 0.3) is 0 Å². The highest BCUT2D eigenvalue weighted by Gasteiger charge is 2.11. The second-order valence-corrected chi connectivity index (χ2v) is 4.14. The lowest BCUT2D eigenvalue weighted by Crippen LogP contribution is -2.14. The van der Waals surface area contributed by atoms with Crippen molar-refractivity contribution in [3.63, 3.8) is 0 Å². The molecule has 1 aromatic heterocycles. The maximum Gasteiger partial charge on any atom is 0.0625 e. The van der Waals surface area contributed by atoms with Crippen molar-refractivity contribution in [2.24, 2.45) is 12.8 Å². The van der Waals surface area contributed by atoms with Gasteiger partial charge in [-0.05, 0) is 32.3 Å². The summed E-state index contributed by atoms with van der Waals surface area (Å²) in [6, 6.07) is 2.17. The first-order chi connectivity index (χ1) is 7.04. The number of aromatic nitrogens is 2. The number of allylic oxidation sites excluding steroid dienone is 1. The van der Waals surface area contributed by atoms with Crippen molar-refractivity contribution in [2.45, 2.75) is 39.2 Å². The number of hydrogen-bond donors (Lipinski definition) is 1. The summed E-state index contributed by atoms with van der Waals surface area (Å²) in [4.78, 5) is 0. The van der Waals surface area contributed by atoms with E-state index in [4.69, 9.17) is 5.73 Å². The third-order valence-electron chi connectivity index (χ3n) is 2.59. The molecule has 1 heterocycles. The van der Waals surface area contributed by atoms with Gasteiger partial charge in [0.05, 0.1) is 11.4 Å². The van der Waals surface area contributed by atoms with Crippen LogP contribution in [0.4, 0.5) is 0 Å². The van der Waals surface area contributed by atoms with E-state index in [0.29, 0.717) is 0 Å². The highest BCUT2D eigenvalue weighted by Crippen LogP contribution is 2.18. The average molecular weight is 207 g/mol. The van der Waals surface area contributed by atoms with E-state index < -0.39 is 0 Å². The van der Waals surface area contributed by atoms with Crippen LogP contribution >= 0.6 is 0 Å². The van der Waals surface area contributed by atoms with Gasteiger partial charge in [0.15, 0.2) is 0 Å². The molecular formula is C12H21N3. The highest BCUT2D eigenvalue weighted by atomic mass is 15.3. The first-order valence-electron chi connectivity index (χ1n) is 5.47. The van der Waals surface area contributed by atoms with Crippen molar-refractivity contribution in [1.29, 1.82) is 0 Å². The van der Waals surface area contributed by atoms with Gasteiger partial charge in [-0.15, -0.1) is 6.58 Å². The predicted molar refractivity (Wildman–Crippen MR) is 63.6 cm³/mol. The summed E-state index contributed by atoms with van der Waals surface area (Å²) in [6.45, 7) is 8.02. The van der Waals surface area contributed by atoms with Crippen molar-refractivity contribution >= 4 is 0 Å². The van der Waals surface area contributed by atoms with E-state index in [0.717, 1.165) is 30.7 Å². The lowest BCUT2D eigenvalue weighted by atomic mass is 10.1. The van der Waals surface area contributed by atoms with Gasteiger partial charge >= 0.3 is 0 Å². The topological polar surface area (TPSA) is 43.8 Å². The van der Waals surface area contributed by atoms with Gasteiger partial charge in [0.1, 0.15) is 0 Å². The molecule has 0 fully saturated rings. The summed E-state index contributed by atoms with van der Waals surface area (Å²) >= 11 is 0. The van der Waals surface area contributed by atoms with E-state index in [-0.39, 0.29) is 6.04 Å². The maximum atomic E-state index is 6.11. The quantitative estimate of drug-likeness (QED) is 0.753. The van der Waals surface area contributed by atoms with Gasteiger partial charge in [0, 0.05) is 13.1 Å². The summed E-state index contributed by atoms with van der Waals surface area (Å²) < 4.78 is 1.89. The van der Waals surface area contributed by atoms with Crippen molar-refractivity contribution in [3.05, 3.63) is 29.6 Å². The Labute approximate surface area is 92.0 Å². The molecule has 2 N–H and O–H groups in total. The fourth-order valence-electron chi connectivity index (χ4n) is 1.61. The molecule has 1 aromatic rings. The van der Waals surface area contributed by atoms with Crippen LogP contribution in [0.2, 0.25) is 0 Å². The number of nitrogens with zero attached hydrogens (tertiary/aromatic N) is 2. The van der Waals surface area contributed by atoms with Crippen LogP contribution in [-0.2, 0) is 13.5 Å². The Kier molecular flexibility index (Phi) is 4.09. The van der Waals surface area contributed by atoms with Crippen LogP contribution in [0.15, 0.2) is 18.2 Å². The number of hydrogen-bond acceptors (Lipinski definition) is 2. The minimum Gasteiger partial charge on any atom is -0.323 e. The van der Waals surface area contributed by atoms with Crippen LogP contribution < -0.4 is 5.73 Å². The normalized spacial score (nSPS) is 12.8. The minimum absolute atomic E-state index is 0.0690. The van der Waals surface area contributed by atoms with Crippen molar-refractivity contribution < 1.29 is 0 Å². The Morgan fingerprint density at radius 2 is 2.33 bits per heavy atom. The van der Waals surface area contributed by atoms with Gasteiger partial charge in [-0.25, -0.2) is 0 Å². The molecule has 15 heavy (non-hydrogen) atoms. The molecule has 1 unspecified atom stereocenters. The van der Waals surface area contributed by atoms with Crippen LogP contribution in [0, 0.1) is 0 Å². The highest BCUT2D eigenvalue weighted by molar-refractivity contribution is 5.14. The lowest BCUT2D eigenvalue weighted by molar-refractivity contribution is 0.579. The van der Waals surface area contributed by atoms with Crippen molar-refractivity contribution in [3.8, 4) is 0 Å². The van der Waals surface area contributed by atoms with Gasteiger partial charge in [-0.1, -0.05) is 12.5 Å². The average Bonchev–Trinajstić information content (AvgIpc) is 2.56. The molecule has 0 spiro atoms. The van der Waals surface area contributed by atoms with Gasteiger partial charge in [-0.2, -0.15) is 5.10 Å². The minimum atomic E-state index is 0.0690. The zero-order chi connectivity index (χ0) is 11.4. The molecule has 0 bridgehead atoms. The smallest absolute Gasteiger partial charge is 0.0625 e. The van der Waals surface area contributed by atoms with E-state index in [1.165, 1.54) is 5.57 Å². The maximum absolute atomic E-state index is 6.11. The largest absolute Gasteiger partial charge is 0.323 e. The third kappa shape index (κ3) is 3.20. The molecule has 0 aliphatic rings. The number of nitrogens with two attached hydrogens (primary N) is 1. The van der Waals surface area contributed by atoms with E-state index >= 15 is 0 Å². The molecule has 0 radical (unpaired) electrons. The molecule has 0 amide bonds. The molecule has 84 valence electrons. The monoisotopic (exact) mass is 207 g/mol. The SMILES string of the molecule is C=C(C)CCC(N)c1cc(CC)nn1C. The Balaban J connectivity index is 2.68. The van der Waals surface area contributed by atoms with E-state index in [1.807, 2.05) is 18.7 Å². The van der Waals surface area contributed by atoms with E-state index in [9.17, 15) is 0 Å². The summed E-state index contributed by atoms with van der Waals surface area (Å²) in [5.41, 5.74) is 9.52. The first kappa shape index (κ1) is 12.0. The standard InChI is InChI=1S/C12H21N3/c1-5-10-8-12(15(4)14-10)11(13)7-6-9(2)3/h8,11H,2,5-7,13H2,1,3-4H3. The molecule has 0 aliphatic heterocycles. The molecule has 3 nitrogen and oxygen atoms in total.